The number of imidazole rings is 1. The number of hydrogen-bond donors (Lipinski definition) is 1. The van der Waals surface area contributed by atoms with Gasteiger partial charge in [0.2, 0.25) is 0 Å². The van der Waals surface area contributed by atoms with Crippen LogP contribution >= 0.6 is 0 Å². The van der Waals surface area contributed by atoms with Crippen molar-refractivity contribution in [2.45, 2.75) is 44.6 Å². The predicted octanol–water partition coefficient (Wildman–Crippen LogP) is 1.39. The van der Waals surface area contributed by atoms with Crippen molar-refractivity contribution >= 4 is 0 Å². The van der Waals surface area contributed by atoms with Crippen LogP contribution in [0, 0.1) is 0 Å². The van der Waals surface area contributed by atoms with Gasteiger partial charge >= 0.3 is 0 Å². The van der Waals surface area contributed by atoms with E-state index in [-0.39, 0.29) is 12.6 Å². The third-order valence-corrected chi connectivity index (χ3v) is 4.28. The zero-order valence-electron chi connectivity index (χ0n) is 11.0. The molecule has 1 fully saturated rings. The highest BCUT2D eigenvalue weighted by Gasteiger charge is 2.21. The number of hydrogen-bond acceptors (Lipinski definition) is 3. The average Bonchev–Trinajstić information content (AvgIpc) is 3.04. The zero-order chi connectivity index (χ0) is 12.4. The van der Waals surface area contributed by atoms with E-state index in [0.717, 1.165) is 32.2 Å². The summed E-state index contributed by atoms with van der Waals surface area (Å²) in [5.41, 5.74) is 1.21. The molecular formula is C14H23N3O. The molecule has 0 bridgehead atoms. The highest BCUT2D eigenvalue weighted by Crippen LogP contribution is 2.24. The first-order chi connectivity index (χ1) is 8.86. The first-order valence-electron chi connectivity index (χ1n) is 7.26. The van der Waals surface area contributed by atoms with Crippen LogP contribution < -0.4 is 0 Å². The summed E-state index contributed by atoms with van der Waals surface area (Å²) in [6.45, 7) is 3.90. The molecule has 0 radical (unpaired) electrons. The van der Waals surface area contributed by atoms with Crippen LogP contribution in [0.25, 0.3) is 0 Å². The summed E-state index contributed by atoms with van der Waals surface area (Å²) in [5, 5.41) is 9.39. The molecule has 0 aliphatic carbocycles. The minimum Gasteiger partial charge on any atom is -0.394 e. The fourth-order valence-electron chi connectivity index (χ4n) is 3.20. The Bertz CT molecular complexity index is 396. The van der Waals surface area contributed by atoms with E-state index >= 15 is 0 Å². The summed E-state index contributed by atoms with van der Waals surface area (Å²) >= 11 is 0. The van der Waals surface area contributed by atoms with Gasteiger partial charge in [0.15, 0.2) is 0 Å². The number of likely N-dealkylation sites (tertiary alicyclic amines) is 1. The molecule has 1 saturated heterocycles. The Morgan fingerprint density at radius 3 is 2.89 bits per heavy atom. The molecule has 1 atom stereocenters. The quantitative estimate of drug-likeness (QED) is 0.877. The fraction of sp³-hybridized carbons (Fsp3) is 0.786. The lowest BCUT2D eigenvalue weighted by Crippen LogP contribution is -2.22. The molecule has 4 nitrogen and oxygen atoms in total. The smallest absolute Gasteiger partial charge is 0.109 e. The third kappa shape index (κ3) is 2.45. The Balaban J connectivity index is 1.64. The standard InChI is InChI=1S/C14H23N3O/c18-11-13-4-3-5-14-15-12(10-17(13)14)6-9-16-7-1-2-8-16/h10,13,18H,1-9,11H2. The van der Waals surface area contributed by atoms with E-state index in [2.05, 4.69) is 15.7 Å². The number of fused-ring (bicyclic) bond motifs is 1. The Morgan fingerprint density at radius 2 is 2.11 bits per heavy atom. The maximum atomic E-state index is 9.39. The van der Waals surface area contributed by atoms with Crippen LogP contribution in [0.4, 0.5) is 0 Å². The van der Waals surface area contributed by atoms with Gasteiger partial charge in [-0.2, -0.15) is 0 Å². The van der Waals surface area contributed by atoms with Crippen LogP contribution in [0.15, 0.2) is 6.20 Å². The second-order valence-electron chi connectivity index (χ2n) is 5.58. The molecule has 0 saturated carbocycles. The largest absolute Gasteiger partial charge is 0.394 e. The van der Waals surface area contributed by atoms with Crippen LogP contribution in [-0.2, 0) is 12.8 Å². The molecule has 2 aliphatic rings. The first kappa shape index (κ1) is 12.2. The molecule has 100 valence electrons. The first-order valence-corrected chi connectivity index (χ1v) is 7.26. The summed E-state index contributed by atoms with van der Waals surface area (Å²) in [7, 11) is 0. The molecule has 3 rings (SSSR count). The van der Waals surface area contributed by atoms with Crippen molar-refractivity contribution in [3.63, 3.8) is 0 Å². The molecule has 2 aliphatic heterocycles. The van der Waals surface area contributed by atoms with Gasteiger partial charge in [-0.3, -0.25) is 0 Å². The molecule has 18 heavy (non-hydrogen) atoms. The molecule has 3 heterocycles. The minimum absolute atomic E-state index is 0.245. The average molecular weight is 249 g/mol. The van der Waals surface area contributed by atoms with E-state index < -0.39 is 0 Å². The molecule has 1 unspecified atom stereocenters. The van der Waals surface area contributed by atoms with E-state index in [0.29, 0.717) is 0 Å². The predicted molar refractivity (Wildman–Crippen MR) is 70.7 cm³/mol. The summed E-state index contributed by atoms with van der Waals surface area (Å²) in [6.07, 6.45) is 9.25. The van der Waals surface area contributed by atoms with Crippen molar-refractivity contribution in [3.05, 3.63) is 17.7 Å². The van der Waals surface area contributed by atoms with Crippen molar-refractivity contribution in [2.75, 3.05) is 26.2 Å². The van der Waals surface area contributed by atoms with Crippen molar-refractivity contribution in [1.29, 1.82) is 0 Å². The second kappa shape index (κ2) is 5.41. The third-order valence-electron chi connectivity index (χ3n) is 4.28. The molecule has 1 aromatic heterocycles. The van der Waals surface area contributed by atoms with Gasteiger partial charge in [-0.25, -0.2) is 4.98 Å². The number of aryl methyl sites for hydroxylation is 1. The minimum atomic E-state index is 0.245. The molecule has 4 heteroatoms. The van der Waals surface area contributed by atoms with E-state index in [4.69, 9.17) is 4.98 Å². The van der Waals surface area contributed by atoms with Gasteiger partial charge in [0.25, 0.3) is 0 Å². The Kier molecular flexibility index (Phi) is 3.66. The van der Waals surface area contributed by atoms with Gasteiger partial charge in [-0.15, -0.1) is 0 Å². The molecule has 1 aromatic rings. The number of rotatable bonds is 4. The SMILES string of the molecule is OCC1CCCc2nc(CCN3CCCC3)cn21. The van der Waals surface area contributed by atoms with Crippen molar-refractivity contribution in [1.82, 2.24) is 14.5 Å². The molecule has 0 amide bonds. The van der Waals surface area contributed by atoms with Crippen molar-refractivity contribution < 1.29 is 5.11 Å². The maximum Gasteiger partial charge on any atom is 0.109 e. The lowest BCUT2D eigenvalue weighted by atomic mass is 10.1. The highest BCUT2D eigenvalue weighted by molar-refractivity contribution is 5.09. The number of aliphatic hydroxyl groups is 1. The van der Waals surface area contributed by atoms with Gasteiger partial charge in [-0.1, -0.05) is 0 Å². The molecule has 0 aromatic carbocycles. The van der Waals surface area contributed by atoms with Gasteiger partial charge in [0.05, 0.1) is 18.3 Å². The van der Waals surface area contributed by atoms with Gasteiger partial charge in [-0.05, 0) is 38.8 Å². The zero-order valence-corrected chi connectivity index (χ0v) is 11.0. The van der Waals surface area contributed by atoms with Crippen LogP contribution in [-0.4, -0.2) is 45.8 Å². The van der Waals surface area contributed by atoms with Crippen molar-refractivity contribution in [3.8, 4) is 0 Å². The van der Waals surface area contributed by atoms with Crippen LogP contribution in [0.1, 0.15) is 43.2 Å². The Labute approximate surface area is 109 Å². The van der Waals surface area contributed by atoms with Crippen LogP contribution in [0.2, 0.25) is 0 Å². The van der Waals surface area contributed by atoms with Crippen molar-refractivity contribution in [2.24, 2.45) is 0 Å². The van der Waals surface area contributed by atoms with Gasteiger partial charge in [0.1, 0.15) is 5.82 Å². The lowest BCUT2D eigenvalue weighted by Gasteiger charge is -2.22. The Morgan fingerprint density at radius 1 is 1.28 bits per heavy atom. The van der Waals surface area contributed by atoms with Crippen LogP contribution in [0.3, 0.4) is 0 Å². The van der Waals surface area contributed by atoms with E-state index in [9.17, 15) is 5.11 Å². The van der Waals surface area contributed by atoms with E-state index in [1.807, 2.05) is 0 Å². The fourth-order valence-corrected chi connectivity index (χ4v) is 3.20. The van der Waals surface area contributed by atoms with E-state index in [1.54, 1.807) is 0 Å². The van der Waals surface area contributed by atoms with E-state index in [1.165, 1.54) is 37.4 Å². The lowest BCUT2D eigenvalue weighted by molar-refractivity contribution is 0.206. The van der Waals surface area contributed by atoms with Gasteiger partial charge in [0, 0.05) is 25.6 Å². The number of nitrogens with zero attached hydrogens (tertiary/aromatic N) is 3. The molecule has 1 N–H and O–H groups in total. The number of aromatic nitrogens is 2. The molecular weight excluding hydrogens is 226 g/mol. The Hall–Kier alpha value is -0.870. The monoisotopic (exact) mass is 249 g/mol. The molecule has 0 spiro atoms. The summed E-state index contributed by atoms with van der Waals surface area (Å²) in [5.74, 6) is 1.18. The second-order valence-corrected chi connectivity index (χ2v) is 5.58. The summed E-state index contributed by atoms with van der Waals surface area (Å²) < 4.78 is 2.21. The van der Waals surface area contributed by atoms with Crippen LogP contribution in [0.5, 0.6) is 0 Å². The topological polar surface area (TPSA) is 41.3 Å². The highest BCUT2D eigenvalue weighted by atomic mass is 16.3. The normalized spacial score (nSPS) is 24.4. The number of aliphatic hydroxyl groups excluding tert-OH is 1. The maximum absolute atomic E-state index is 9.39. The summed E-state index contributed by atoms with van der Waals surface area (Å²) in [6, 6.07) is 0.266. The summed E-state index contributed by atoms with van der Waals surface area (Å²) in [4.78, 5) is 7.26. The van der Waals surface area contributed by atoms with Gasteiger partial charge < -0.3 is 14.6 Å².